The summed E-state index contributed by atoms with van der Waals surface area (Å²) >= 11 is 3.19. The Labute approximate surface area is 107 Å². The van der Waals surface area contributed by atoms with Gasteiger partial charge in [0, 0.05) is 6.04 Å². The molecule has 2 heterocycles. The van der Waals surface area contributed by atoms with E-state index in [1.165, 1.54) is 12.6 Å². The molecule has 0 aromatic carbocycles. The van der Waals surface area contributed by atoms with Gasteiger partial charge in [-0.05, 0) is 35.8 Å². The second-order valence-electron chi connectivity index (χ2n) is 3.92. The molecule has 0 aliphatic rings. The Morgan fingerprint density at radius 1 is 1.59 bits per heavy atom. The maximum atomic E-state index is 12.0. The van der Waals surface area contributed by atoms with E-state index in [1.54, 1.807) is 10.7 Å². The predicted molar refractivity (Wildman–Crippen MR) is 64.8 cm³/mol. The van der Waals surface area contributed by atoms with Crippen molar-refractivity contribution in [3.8, 4) is 0 Å². The molecule has 0 radical (unpaired) electrons. The first kappa shape index (κ1) is 12.0. The molecule has 0 aliphatic carbocycles. The van der Waals surface area contributed by atoms with Crippen LogP contribution in [0.25, 0.3) is 0 Å². The largest absolute Gasteiger partial charge is 0.457 e. The Bertz CT molecular complexity index is 530. The first-order valence-corrected chi connectivity index (χ1v) is 6.03. The summed E-state index contributed by atoms with van der Waals surface area (Å²) < 4.78 is 7.23. The lowest BCUT2D eigenvalue weighted by atomic mass is 10.1. The minimum Gasteiger partial charge on any atom is -0.457 e. The zero-order valence-electron chi connectivity index (χ0n) is 9.55. The van der Waals surface area contributed by atoms with E-state index in [1.807, 2.05) is 13.8 Å². The average molecular weight is 298 g/mol. The number of rotatable bonds is 4. The second kappa shape index (κ2) is 4.83. The zero-order chi connectivity index (χ0) is 12.4. The Morgan fingerprint density at radius 3 is 2.94 bits per heavy atom. The molecule has 0 unspecified atom stereocenters. The monoisotopic (exact) mass is 297 g/mol. The molecule has 0 atom stereocenters. The van der Waals surface area contributed by atoms with Crippen molar-refractivity contribution in [2.24, 2.45) is 0 Å². The molecule has 2 rings (SSSR count). The quantitative estimate of drug-likeness (QED) is 0.814. The third-order valence-electron chi connectivity index (χ3n) is 2.37. The Kier molecular flexibility index (Phi) is 3.42. The molecule has 6 heteroatoms. The number of furan rings is 1. The van der Waals surface area contributed by atoms with E-state index in [0.29, 0.717) is 16.1 Å². The number of carbonyl (C=O) groups is 1. The van der Waals surface area contributed by atoms with E-state index < -0.39 is 0 Å². The van der Waals surface area contributed by atoms with Gasteiger partial charge >= 0.3 is 0 Å². The molecular weight excluding hydrogens is 286 g/mol. The van der Waals surface area contributed by atoms with Gasteiger partial charge < -0.3 is 4.42 Å². The highest BCUT2D eigenvalue weighted by molar-refractivity contribution is 9.10. The van der Waals surface area contributed by atoms with Crippen LogP contribution < -0.4 is 0 Å². The van der Waals surface area contributed by atoms with E-state index in [9.17, 15) is 4.79 Å². The van der Waals surface area contributed by atoms with Crippen LogP contribution in [0.1, 0.15) is 36.1 Å². The molecule has 0 saturated heterocycles. The van der Waals surface area contributed by atoms with Crippen LogP contribution in [0.4, 0.5) is 0 Å². The number of nitrogens with zero attached hydrogens (tertiary/aromatic N) is 3. The van der Waals surface area contributed by atoms with Crippen molar-refractivity contribution < 1.29 is 9.21 Å². The lowest BCUT2D eigenvalue weighted by molar-refractivity contribution is 0.0987. The van der Waals surface area contributed by atoms with Crippen molar-refractivity contribution in [3.63, 3.8) is 0 Å². The van der Waals surface area contributed by atoms with Gasteiger partial charge in [0.1, 0.15) is 12.2 Å². The summed E-state index contributed by atoms with van der Waals surface area (Å²) in [6.45, 7) is 3.99. The first-order chi connectivity index (χ1) is 8.09. The number of halogens is 1. The Hall–Kier alpha value is -1.43. The Morgan fingerprint density at radius 2 is 2.35 bits per heavy atom. The smallest absolute Gasteiger partial charge is 0.179 e. The molecule has 0 amide bonds. The summed E-state index contributed by atoms with van der Waals surface area (Å²) in [5.41, 5.74) is 0.531. The SMILES string of the molecule is CC(C)n1ncnc1CC(=O)c1ccoc1Br. The molecular formula is C11H12BrN3O2. The second-order valence-corrected chi connectivity index (χ2v) is 4.64. The van der Waals surface area contributed by atoms with Crippen LogP contribution in [0.3, 0.4) is 0 Å². The molecule has 5 nitrogen and oxygen atoms in total. The van der Waals surface area contributed by atoms with Crippen LogP contribution in [0.5, 0.6) is 0 Å². The topological polar surface area (TPSA) is 60.9 Å². The molecule has 0 N–H and O–H groups in total. The molecule has 0 aliphatic heterocycles. The fourth-order valence-electron chi connectivity index (χ4n) is 1.56. The van der Waals surface area contributed by atoms with Crippen molar-refractivity contribution in [2.45, 2.75) is 26.3 Å². The van der Waals surface area contributed by atoms with Crippen LogP contribution in [-0.4, -0.2) is 20.5 Å². The summed E-state index contributed by atoms with van der Waals surface area (Å²) in [5, 5.41) is 4.09. The van der Waals surface area contributed by atoms with E-state index in [-0.39, 0.29) is 18.2 Å². The molecule has 0 saturated carbocycles. The lowest BCUT2D eigenvalue weighted by Gasteiger charge is -2.08. The van der Waals surface area contributed by atoms with Gasteiger partial charge in [0.2, 0.25) is 0 Å². The number of aromatic nitrogens is 3. The molecule has 0 fully saturated rings. The minimum atomic E-state index is -0.0412. The fourth-order valence-corrected chi connectivity index (χ4v) is 2.03. The highest BCUT2D eigenvalue weighted by atomic mass is 79.9. The van der Waals surface area contributed by atoms with Crippen LogP contribution >= 0.6 is 15.9 Å². The standard InChI is InChI=1S/C11H12BrN3O2/c1-7(2)15-10(13-6-14-15)5-9(16)8-3-4-17-11(8)12/h3-4,6-7H,5H2,1-2H3. The van der Waals surface area contributed by atoms with E-state index in [0.717, 1.165) is 0 Å². The molecule has 2 aromatic heterocycles. The van der Waals surface area contributed by atoms with E-state index in [2.05, 4.69) is 26.0 Å². The van der Waals surface area contributed by atoms with E-state index >= 15 is 0 Å². The summed E-state index contributed by atoms with van der Waals surface area (Å²) in [6.07, 6.45) is 3.16. The van der Waals surface area contributed by atoms with Gasteiger partial charge in [-0.1, -0.05) is 0 Å². The van der Waals surface area contributed by atoms with Gasteiger partial charge in [-0.3, -0.25) is 4.79 Å². The normalized spacial score (nSPS) is 11.1. The lowest BCUT2D eigenvalue weighted by Crippen LogP contribution is -2.13. The number of ketones is 1. The maximum absolute atomic E-state index is 12.0. The molecule has 2 aromatic rings. The van der Waals surface area contributed by atoms with Gasteiger partial charge in [-0.2, -0.15) is 5.10 Å². The number of carbonyl (C=O) groups excluding carboxylic acids is 1. The van der Waals surface area contributed by atoms with Gasteiger partial charge in [0.05, 0.1) is 18.2 Å². The van der Waals surface area contributed by atoms with Gasteiger partial charge in [0.25, 0.3) is 0 Å². The zero-order valence-corrected chi connectivity index (χ0v) is 11.1. The van der Waals surface area contributed by atoms with Crippen LogP contribution in [0.2, 0.25) is 0 Å². The molecule has 0 spiro atoms. The van der Waals surface area contributed by atoms with Crippen molar-refractivity contribution in [3.05, 3.63) is 34.7 Å². The minimum absolute atomic E-state index is 0.0412. The number of hydrogen-bond donors (Lipinski definition) is 0. The third kappa shape index (κ3) is 2.46. The molecule has 0 bridgehead atoms. The summed E-state index contributed by atoms with van der Waals surface area (Å²) in [7, 11) is 0. The fraction of sp³-hybridized carbons (Fsp3) is 0.364. The molecule has 90 valence electrons. The van der Waals surface area contributed by atoms with Crippen LogP contribution in [-0.2, 0) is 6.42 Å². The summed E-state index contributed by atoms with van der Waals surface area (Å²) in [4.78, 5) is 16.1. The van der Waals surface area contributed by atoms with Gasteiger partial charge in [-0.15, -0.1) is 0 Å². The average Bonchev–Trinajstić information content (AvgIpc) is 2.86. The van der Waals surface area contributed by atoms with Gasteiger partial charge in [-0.25, -0.2) is 9.67 Å². The van der Waals surface area contributed by atoms with Crippen molar-refractivity contribution in [1.82, 2.24) is 14.8 Å². The van der Waals surface area contributed by atoms with Gasteiger partial charge in [0.15, 0.2) is 10.5 Å². The van der Waals surface area contributed by atoms with Crippen LogP contribution in [0.15, 0.2) is 27.7 Å². The maximum Gasteiger partial charge on any atom is 0.179 e. The summed E-state index contributed by atoms with van der Waals surface area (Å²) in [6, 6.07) is 1.83. The number of Topliss-reactive ketones (excluding diaryl/α,β-unsaturated/α-hetero) is 1. The summed E-state index contributed by atoms with van der Waals surface area (Å²) in [5.74, 6) is 0.624. The highest BCUT2D eigenvalue weighted by Crippen LogP contribution is 2.19. The highest BCUT2D eigenvalue weighted by Gasteiger charge is 2.17. The predicted octanol–water partition coefficient (Wildman–Crippen LogP) is 2.64. The van der Waals surface area contributed by atoms with E-state index in [4.69, 9.17) is 4.42 Å². The van der Waals surface area contributed by atoms with Crippen molar-refractivity contribution in [2.75, 3.05) is 0 Å². The third-order valence-corrected chi connectivity index (χ3v) is 2.99. The Balaban J connectivity index is 2.19. The first-order valence-electron chi connectivity index (χ1n) is 5.24. The number of hydrogen-bond acceptors (Lipinski definition) is 4. The van der Waals surface area contributed by atoms with Crippen LogP contribution in [0, 0.1) is 0 Å². The van der Waals surface area contributed by atoms with Crippen molar-refractivity contribution >= 4 is 21.7 Å². The van der Waals surface area contributed by atoms with Crippen molar-refractivity contribution in [1.29, 1.82) is 0 Å². The molecule has 17 heavy (non-hydrogen) atoms.